The van der Waals surface area contributed by atoms with Crippen LogP contribution in [-0.4, -0.2) is 20.2 Å². The van der Waals surface area contributed by atoms with Crippen molar-refractivity contribution in [2.75, 3.05) is 5.73 Å². The summed E-state index contributed by atoms with van der Waals surface area (Å²) in [6.45, 7) is 0.782. The van der Waals surface area contributed by atoms with E-state index in [0.29, 0.717) is 17.1 Å². The Hall–Kier alpha value is -1.98. The van der Waals surface area contributed by atoms with Crippen molar-refractivity contribution in [1.82, 2.24) is 20.2 Å². The summed E-state index contributed by atoms with van der Waals surface area (Å²) in [7, 11) is 0. The van der Waals surface area contributed by atoms with E-state index in [2.05, 4.69) is 15.5 Å². The third-order valence-corrected chi connectivity index (χ3v) is 3.23. The highest BCUT2D eigenvalue weighted by molar-refractivity contribution is 5.71. The van der Waals surface area contributed by atoms with E-state index in [1.807, 2.05) is 0 Å². The Morgan fingerprint density at radius 3 is 2.94 bits per heavy atom. The van der Waals surface area contributed by atoms with Gasteiger partial charge in [0.15, 0.2) is 5.82 Å². The van der Waals surface area contributed by atoms with Crippen molar-refractivity contribution in [3.8, 4) is 11.4 Å². The fourth-order valence-corrected chi connectivity index (χ4v) is 2.00. The van der Waals surface area contributed by atoms with Crippen molar-refractivity contribution in [3.05, 3.63) is 24.0 Å². The molecular formula is C12H14FN5. The highest BCUT2D eigenvalue weighted by atomic mass is 19.1. The Kier molecular flexibility index (Phi) is 2.70. The number of benzene rings is 1. The van der Waals surface area contributed by atoms with Crippen LogP contribution in [0.5, 0.6) is 0 Å². The van der Waals surface area contributed by atoms with Crippen LogP contribution in [0, 0.1) is 11.7 Å². The first kappa shape index (κ1) is 11.1. The van der Waals surface area contributed by atoms with E-state index in [1.165, 1.54) is 25.0 Å². The third-order valence-electron chi connectivity index (χ3n) is 3.23. The van der Waals surface area contributed by atoms with Crippen LogP contribution < -0.4 is 5.73 Å². The summed E-state index contributed by atoms with van der Waals surface area (Å²) in [5.74, 6) is 1.06. The molecule has 0 atom stereocenters. The fourth-order valence-electron chi connectivity index (χ4n) is 2.00. The lowest BCUT2D eigenvalue weighted by molar-refractivity contribution is 0.535. The molecule has 2 N–H and O–H groups in total. The molecule has 1 aromatic heterocycles. The molecule has 1 heterocycles. The average molecular weight is 247 g/mol. The topological polar surface area (TPSA) is 69.6 Å². The zero-order valence-corrected chi connectivity index (χ0v) is 9.88. The van der Waals surface area contributed by atoms with Crippen molar-refractivity contribution < 1.29 is 4.39 Å². The van der Waals surface area contributed by atoms with E-state index >= 15 is 0 Å². The minimum Gasteiger partial charge on any atom is -0.398 e. The van der Waals surface area contributed by atoms with Crippen LogP contribution in [0.4, 0.5) is 10.1 Å². The second kappa shape index (κ2) is 4.36. The Bertz CT molecular complexity index is 561. The zero-order valence-electron chi connectivity index (χ0n) is 9.88. The largest absolute Gasteiger partial charge is 0.398 e. The van der Waals surface area contributed by atoms with Gasteiger partial charge in [-0.25, -0.2) is 9.07 Å². The quantitative estimate of drug-likeness (QED) is 0.837. The van der Waals surface area contributed by atoms with E-state index in [9.17, 15) is 4.39 Å². The molecule has 1 aromatic carbocycles. The lowest BCUT2D eigenvalue weighted by atomic mass is 10.1. The summed E-state index contributed by atoms with van der Waals surface area (Å²) < 4.78 is 14.8. The van der Waals surface area contributed by atoms with Crippen LogP contribution in [-0.2, 0) is 6.54 Å². The van der Waals surface area contributed by atoms with Gasteiger partial charge in [0.25, 0.3) is 0 Å². The zero-order chi connectivity index (χ0) is 12.5. The number of aryl methyl sites for hydroxylation is 1. The summed E-state index contributed by atoms with van der Waals surface area (Å²) in [5.41, 5.74) is 6.84. The van der Waals surface area contributed by atoms with Crippen LogP contribution in [0.1, 0.15) is 19.3 Å². The maximum Gasteiger partial charge on any atom is 0.184 e. The number of nitrogens with two attached hydrogens (primary N) is 1. The van der Waals surface area contributed by atoms with Gasteiger partial charge in [-0.3, -0.25) is 0 Å². The standard InChI is InChI=1S/C12H14FN5/c13-9-3-4-10(11(14)7-9)12-15-16-17-18(12)6-5-8-1-2-8/h3-4,7-8H,1-2,5-6,14H2. The van der Waals surface area contributed by atoms with Crippen molar-refractivity contribution in [2.24, 2.45) is 5.92 Å². The average Bonchev–Trinajstić information content (AvgIpc) is 3.06. The molecule has 2 aromatic rings. The third kappa shape index (κ3) is 2.18. The van der Waals surface area contributed by atoms with Crippen LogP contribution in [0.25, 0.3) is 11.4 Å². The maximum absolute atomic E-state index is 13.0. The van der Waals surface area contributed by atoms with E-state index in [-0.39, 0.29) is 5.82 Å². The summed E-state index contributed by atoms with van der Waals surface area (Å²) in [6.07, 6.45) is 3.69. The van der Waals surface area contributed by atoms with Crippen LogP contribution >= 0.6 is 0 Å². The molecule has 94 valence electrons. The molecule has 1 saturated carbocycles. The van der Waals surface area contributed by atoms with Gasteiger partial charge in [-0.1, -0.05) is 12.8 Å². The molecule has 0 bridgehead atoms. The van der Waals surface area contributed by atoms with Crippen LogP contribution in [0.3, 0.4) is 0 Å². The number of hydrogen-bond donors (Lipinski definition) is 1. The van der Waals surface area contributed by atoms with Gasteiger partial charge in [-0.2, -0.15) is 0 Å². The Morgan fingerprint density at radius 2 is 2.22 bits per heavy atom. The van der Waals surface area contributed by atoms with Gasteiger partial charge in [0, 0.05) is 17.8 Å². The molecule has 1 aliphatic carbocycles. The normalized spacial score (nSPS) is 14.9. The number of rotatable bonds is 4. The predicted molar refractivity (Wildman–Crippen MR) is 65.0 cm³/mol. The first-order valence-electron chi connectivity index (χ1n) is 6.05. The highest BCUT2D eigenvalue weighted by Gasteiger charge is 2.22. The maximum atomic E-state index is 13.0. The van der Waals surface area contributed by atoms with Gasteiger partial charge in [-0.05, 0) is 41.0 Å². The van der Waals surface area contributed by atoms with Crippen molar-refractivity contribution in [1.29, 1.82) is 0 Å². The molecule has 0 radical (unpaired) electrons. The smallest absolute Gasteiger partial charge is 0.184 e. The number of hydrogen-bond acceptors (Lipinski definition) is 4. The van der Waals surface area contributed by atoms with Crippen molar-refractivity contribution in [2.45, 2.75) is 25.8 Å². The molecule has 1 fully saturated rings. The minimum atomic E-state index is -0.353. The molecule has 1 aliphatic rings. The summed E-state index contributed by atoms with van der Waals surface area (Å²) in [6, 6.07) is 4.27. The van der Waals surface area contributed by atoms with Crippen LogP contribution in [0.15, 0.2) is 18.2 Å². The summed E-state index contributed by atoms with van der Waals surface area (Å²) in [4.78, 5) is 0. The molecule has 0 spiro atoms. The molecule has 5 nitrogen and oxygen atoms in total. The molecule has 0 saturated heterocycles. The first-order chi connectivity index (χ1) is 8.74. The second-order valence-electron chi connectivity index (χ2n) is 4.69. The Balaban J connectivity index is 1.88. The monoisotopic (exact) mass is 247 g/mol. The van der Waals surface area contributed by atoms with Gasteiger partial charge in [0.2, 0.25) is 0 Å². The van der Waals surface area contributed by atoms with Gasteiger partial charge in [-0.15, -0.1) is 5.10 Å². The van der Waals surface area contributed by atoms with E-state index in [0.717, 1.165) is 18.9 Å². The second-order valence-corrected chi connectivity index (χ2v) is 4.69. The molecule has 6 heteroatoms. The number of tetrazole rings is 1. The van der Waals surface area contributed by atoms with Gasteiger partial charge < -0.3 is 5.73 Å². The first-order valence-corrected chi connectivity index (χ1v) is 6.05. The van der Waals surface area contributed by atoms with E-state index < -0.39 is 0 Å². The van der Waals surface area contributed by atoms with Gasteiger partial charge in [0.1, 0.15) is 5.82 Å². The molecule has 0 aliphatic heterocycles. The van der Waals surface area contributed by atoms with Gasteiger partial charge >= 0.3 is 0 Å². The Morgan fingerprint density at radius 1 is 1.39 bits per heavy atom. The number of anilines is 1. The van der Waals surface area contributed by atoms with Gasteiger partial charge in [0.05, 0.1) is 0 Å². The molecule has 0 unspecified atom stereocenters. The lowest BCUT2D eigenvalue weighted by Gasteiger charge is -2.06. The number of nitrogens with zero attached hydrogens (tertiary/aromatic N) is 4. The number of nitrogen functional groups attached to an aromatic ring is 1. The SMILES string of the molecule is Nc1cc(F)ccc1-c1nnnn1CCC1CC1. The van der Waals surface area contributed by atoms with Crippen molar-refractivity contribution >= 4 is 5.69 Å². The minimum absolute atomic E-state index is 0.353. The van der Waals surface area contributed by atoms with E-state index in [4.69, 9.17) is 5.73 Å². The Labute approximate surface area is 104 Å². The van der Waals surface area contributed by atoms with Crippen molar-refractivity contribution in [3.63, 3.8) is 0 Å². The van der Waals surface area contributed by atoms with Crippen LogP contribution in [0.2, 0.25) is 0 Å². The summed E-state index contributed by atoms with van der Waals surface area (Å²) >= 11 is 0. The fraction of sp³-hybridized carbons (Fsp3) is 0.417. The lowest BCUT2D eigenvalue weighted by Crippen LogP contribution is -2.05. The molecule has 18 heavy (non-hydrogen) atoms. The summed E-state index contributed by atoms with van der Waals surface area (Å²) in [5, 5.41) is 11.6. The molecular weight excluding hydrogens is 233 g/mol. The van der Waals surface area contributed by atoms with E-state index in [1.54, 1.807) is 10.7 Å². The highest BCUT2D eigenvalue weighted by Crippen LogP contribution is 2.33. The predicted octanol–water partition coefficient (Wildman–Crippen LogP) is 1.86. The molecule has 3 rings (SSSR count). The number of aromatic nitrogens is 4. The molecule has 0 amide bonds. The number of halogens is 1.